The molecule has 0 saturated heterocycles. The lowest BCUT2D eigenvalue weighted by Gasteiger charge is -2.12. The molecule has 27 heavy (non-hydrogen) atoms. The highest BCUT2D eigenvalue weighted by Crippen LogP contribution is 2.27. The number of hydrogen-bond donors (Lipinski definition) is 2. The number of carbonyl (C=O) groups is 2. The van der Waals surface area contributed by atoms with Crippen LogP contribution in [0.2, 0.25) is 0 Å². The Morgan fingerprint density at radius 2 is 1.67 bits per heavy atom. The molecule has 3 aromatic carbocycles. The molecular formula is C22H21NO4. The van der Waals surface area contributed by atoms with Crippen LogP contribution >= 0.6 is 0 Å². The second-order valence-corrected chi connectivity index (χ2v) is 6.18. The Labute approximate surface area is 157 Å². The molecule has 0 amide bonds. The van der Waals surface area contributed by atoms with Crippen LogP contribution in [0.25, 0.3) is 10.8 Å². The monoisotopic (exact) mass is 363 g/mol. The molecule has 0 fully saturated rings. The normalized spacial score (nSPS) is 10.6. The maximum Gasteiger partial charge on any atom is 0.337 e. The van der Waals surface area contributed by atoms with Crippen LogP contribution < -0.4 is 5.32 Å². The maximum atomic E-state index is 11.6. The number of carbonyl (C=O) groups excluding carboxylic acids is 1. The van der Waals surface area contributed by atoms with Crippen LogP contribution in [0, 0.1) is 0 Å². The van der Waals surface area contributed by atoms with E-state index < -0.39 is 5.97 Å². The van der Waals surface area contributed by atoms with Gasteiger partial charge in [-0.3, -0.25) is 4.79 Å². The number of carboxylic acids is 1. The molecule has 0 aromatic heterocycles. The number of aromatic carboxylic acids is 1. The summed E-state index contributed by atoms with van der Waals surface area (Å²) < 4.78 is 4.93. The van der Waals surface area contributed by atoms with Gasteiger partial charge in [-0.1, -0.05) is 36.4 Å². The zero-order chi connectivity index (χ0) is 19.2. The van der Waals surface area contributed by atoms with Crippen molar-refractivity contribution in [2.45, 2.75) is 19.8 Å². The Hall–Kier alpha value is -3.34. The Kier molecular flexibility index (Phi) is 5.71. The summed E-state index contributed by atoms with van der Waals surface area (Å²) in [6.45, 7) is 2.18. The molecule has 138 valence electrons. The summed E-state index contributed by atoms with van der Waals surface area (Å²) in [5, 5.41) is 14.6. The first-order valence-electron chi connectivity index (χ1n) is 8.84. The van der Waals surface area contributed by atoms with E-state index in [0.29, 0.717) is 25.1 Å². The fraction of sp³-hybridized carbons (Fsp3) is 0.182. The number of benzene rings is 3. The summed E-state index contributed by atoms with van der Waals surface area (Å²) in [6, 6.07) is 18.8. The number of carboxylic acid groups (broad SMARTS) is 1. The van der Waals surface area contributed by atoms with Crippen molar-refractivity contribution < 1.29 is 19.4 Å². The molecule has 0 bridgehead atoms. The van der Waals surface area contributed by atoms with Crippen molar-refractivity contribution in [2.75, 3.05) is 11.9 Å². The first kappa shape index (κ1) is 18.5. The number of fused-ring (bicyclic) bond motifs is 1. The average molecular weight is 363 g/mol. The van der Waals surface area contributed by atoms with Crippen molar-refractivity contribution in [1.29, 1.82) is 0 Å². The molecular weight excluding hydrogens is 342 g/mol. The third-order valence-electron chi connectivity index (χ3n) is 4.27. The van der Waals surface area contributed by atoms with Crippen LogP contribution in [0.3, 0.4) is 0 Å². The second kappa shape index (κ2) is 8.36. The van der Waals surface area contributed by atoms with Gasteiger partial charge < -0.3 is 15.2 Å². The summed E-state index contributed by atoms with van der Waals surface area (Å²) in [4.78, 5) is 23.1. The van der Waals surface area contributed by atoms with E-state index in [1.54, 1.807) is 13.0 Å². The zero-order valence-corrected chi connectivity index (χ0v) is 15.1. The van der Waals surface area contributed by atoms with E-state index in [9.17, 15) is 14.7 Å². The van der Waals surface area contributed by atoms with Gasteiger partial charge in [0, 0.05) is 12.1 Å². The van der Waals surface area contributed by atoms with Gasteiger partial charge in [0.1, 0.15) is 0 Å². The molecule has 0 unspecified atom stereocenters. The fourth-order valence-electron chi connectivity index (χ4n) is 2.91. The van der Waals surface area contributed by atoms with Gasteiger partial charge in [-0.2, -0.15) is 0 Å². The van der Waals surface area contributed by atoms with Crippen LogP contribution in [0.4, 0.5) is 11.4 Å². The SMILES string of the molecule is CCOC(=O)CCc1ccc(Nc2cc3ccccc3cc2C(=O)O)cc1. The van der Waals surface area contributed by atoms with Crippen molar-refractivity contribution in [1.82, 2.24) is 0 Å². The summed E-state index contributed by atoms with van der Waals surface area (Å²) in [5.41, 5.74) is 2.57. The lowest BCUT2D eigenvalue weighted by molar-refractivity contribution is -0.143. The number of ether oxygens (including phenoxy) is 1. The van der Waals surface area contributed by atoms with Crippen molar-refractivity contribution in [2.24, 2.45) is 0 Å². The third kappa shape index (κ3) is 4.64. The van der Waals surface area contributed by atoms with Crippen LogP contribution in [-0.2, 0) is 16.0 Å². The fourth-order valence-corrected chi connectivity index (χ4v) is 2.91. The predicted octanol–water partition coefficient (Wildman–Crippen LogP) is 4.78. The second-order valence-electron chi connectivity index (χ2n) is 6.18. The highest BCUT2D eigenvalue weighted by Gasteiger charge is 2.12. The molecule has 0 saturated carbocycles. The largest absolute Gasteiger partial charge is 0.478 e. The molecule has 0 aliphatic carbocycles. The van der Waals surface area contributed by atoms with Crippen molar-refractivity contribution in [3.05, 3.63) is 71.8 Å². The van der Waals surface area contributed by atoms with E-state index in [1.807, 2.05) is 54.6 Å². The molecule has 2 N–H and O–H groups in total. The van der Waals surface area contributed by atoms with Crippen LogP contribution in [-0.4, -0.2) is 23.7 Å². The smallest absolute Gasteiger partial charge is 0.337 e. The molecule has 0 spiro atoms. The minimum Gasteiger partial charge on any atom is -0.478 e. The summed E-state index contributed by atoms with van der Waals surface area (Å²) in [6.07, 6.45) is 0.948. The van der Waals surface area contributed by atoms with Gasteiger partial charge in [-0.15, -0.1) is 0 Å². The topological polar surface area (TPSA) is 75.6 Å². The van der Waals surface area contributed by atoms with Crippen molar-refractivity contribution >= 4 is 34.1 Å². The van der Waals surface area contributed by atoms with Crippen LogP contribution in [0.1, 0.15) is 29.3 Å². The van der Waals surface area contributed by atoms with Crippen molar-refractivity contribution in [3.8, 4) is 0 Å². The number of hydrogen-bond acceptors (Lipinski definition) is 4. The number of nitrogens with one attached hydrogen (secondary N) is 1. The van der Waals surface area contributed by atoms with Crippen molar-refractivity contribution in [3.63, 3.8) is 0 Å². The number of rotatable bonds is 7. The first-order chi connectivity index (χ1) is 13.1. The number of aryl methyl sites for hydroxylation is 1. The molecule has 0 atom stereocenters. The third-order valence-corrected chi connectivity index (χ3v) is 4.27. The van der Waals surface area contributed by atoms with Gasteiger partial charge in [0.15, 0.2) is 0 Å². The summed E-state index contributed by atoms with van der Waals surface area (Å²) in [7, 11) is 0. The van der Waals surface area contributed by atoms with Gasteiger partial charge in [0.2, 0.25) is 0 Å². The van der Waals surface area contributed by atoms with Gasteiger partial charge >= 0.3 is 11.9 Å². The van der Waals surface area contributed by atoms with E-state index in [1.165, 1.54) is 0 Å². The van der Waals surface area contributed by atoms with Gasteiger partial charge in [0.25, 0.3) is 0 Å². The highest BCUT2D eigenvalue weighted by atomic mass is 16.5. The number of esters is 1. The zero-order valence-electron chi connectivity index (χ0n) is 15.1. The Morgan fingerprint density at radius 3 is 2.30 bits per heavy atom. The Balaban J connectivity index is 1.77. The van der Waals surface area contributed by atoms with E-state index in [2.05, 4.69) is 5.32 Å². The highest BCUT2D eigenvalue weighted by molar-refractivity contribution is 6.01. The minimum atomic E-state index is -0.977. The van der Waals surface area contributed by atoms with Gasteiger partial charge in [0.05, 0.1) is 17.9 Å². The van der Waals surface area contributed by atoms with Gasteiger partial charge in [-0.25, -0.2) is 4.79 Å². The van der Waals surface area contributed by atoms with E-state index in [4.69, 9.17) is 4.74 Å². The standard InChI is InChI=1S/C22H21NO4/c1-2-27-21(24)12-9-15-7-10-18(11-8-15)23-20-14-17-6-4-3-5-16(17)13-19(20)22(25)26/h3-8,10-11,13-14,23H,2,9,12H2,1H3,(H,25,26). The van der Waals surface area contributed by atoms with Crippen LogP contribution in [0.15, 0.2) is 60.7 Å². The van der Waals surface area contributed by atoms with Gasteiger partial charge in [-0.05, 0) is 53.9 Å². The molecule has 0 aliphatic rings. The number of anilines is 2. The quantitative estimate of drug-likeness (QED) is 0.591. The molecule has 5 heteroatoms. The lowest BCUT2D eigenvalue weighted by Crippen LogP contribution is -2.05. The van der Waals surface area contributed by atoms with E-state index in [0.717, 1.165) is 22.0 Å². The summed E-state index contributed by atoms with van der Waals surface area (Å²) >= 11 is 0. The molecule has 0 radical (unpaired) electrons. The minimum absolute atomic E-state index is 0.207. The van der Waals surface area contributed by atoms with Crippen LogP contribution in [0.5, 0.6) is 0 Å². The van der Waals surface area contributed by atoms with E-state index >= 15 is 0 Å². The van der Waals surface area contributed by atoms with E-state index in [-0.39, 0.29) is 11.5 Å². The predicted molar refractivity (Wildman–Crippen MR) is 106 cm³/mol. The molecule has 0 aliphatic heterocycles. The maximum absolute atomic E-state index is 11.6. The molecule has 3 rings (SSSR count). The average Bonchev–Trinajstić information content (AvgIpc) is 2.67. The summed E-state index contributed by atoms with van der Waals surface area (Å²) in [5.74, 6) is -1.18. The lowest BCUT2D eigenvalue weighted by atomic mass is 10.0. The first-order valence-corrected chi connectivity index (χ1v) is 8.84. The Morgan fingerprint density at radius 1 is 1.00 bits per heavy atom. The molecule has 0 heterocycles. The molecule has 3 aromatic rings. The molecule has 5 nitrogen and oxygen atoms in total. The Bertz CT molecular complexity index is 964.